The molecule has 1 heterocycles. The van der Waals surface area contributed by atoms with Gasteiger partial charge >= 0.3 is 0 Å². The second-order valence-corrected chi connectivity index (χ2v) is 6.70. The van der Waals surface area contributed by atoms with Crippen molar-refractivity contribution in [3.63, 3.8) is 0 Å². The molecule has 0 bridgehead atoms. The van der Waals surface area contributed by atoms with Gasteiger partial charge in [0.1, 0.15) is 0 Å². The van der Waals surface area contributed by atoms with Crippen molar-refractivity contribution in [2.45, 2.75) is 77.3 Å². The molecular weight excluding hydrogens is 220 g/mol. The molecule has 1 saturated heterocycles. The lowest BCUT2D eigenvalue weighted by molar-refractivity contribution is 0.168. The average Bonchev–Trinajstić information content (AvgIpc) is 2.59. The highest BCUT2D eigenvalue weighted by Gasteiger charge is 2.33. The smallest absolute Gasteiger partial charge is 0.00983 e. The Labute approximate surface area is 113 Å². The Kier molecular flexibility index (Phi) is 5.50. The Hall–Kier alpha value is -0.0800. The Balaban J connectivity index is 1.86. The summed E-state index contributed by atoms with van der Waals surface area (Å²) >= 11 is 0. The van der Waals surface area contributed by atoms with E-state index in [4.69, 9.17) is 5.73 Å². The molecule has 0 spiro atoms. The molecule has 0 aromatic carbocycles. The van der Waals surface area contributed by atoms with Crippen molar-refractivity contribution in [1.82, 2.24) is 4.90 Å². The van der Waals surface area contributed by atoms with Crippen molar-refractivity contribution in [3.8, 4) is 0 Å². The summed E-state index contributed by atoms with van der Waals surface area (Å²) in [7, 11) is 0. The molecule has 18 heavy (non-hydrogen) atoms. The van der Waals surface area contributed by atoms with E-state index in [1.54, 1.807) is 0 Å². The first kappa shape index (κ1) is 14.3. The third-order valence-electron chi connectivity index (χ3n) is 5.27. The summed E-state index contributed by atoms with van der Waals surface area (Å²) in [5.41, 5.74) is 5.85. The van der Waals surface area contributed by atoms with Gasteiger partial charge in [-0.05, 0) is 51.0 Å². The number of hydrogen-bond donors (Lipinski definition) is 1. The maximum atomic E-state index is 5.85. The normalized spacial score (nSPS) is 38.8. The van der Waals surface area contributed by atoms with Gasteiger partial charge in [-0.25, -0.2) is 0 Å². The highest BCUT2D eigenvalue weighted by atomic mass is 15.2. The second-order valence-electron chi connectivity index (χ2n) is 6.70. The monoisotopic (exact) mass is 252 g/mol. The summed E-state index contributed by atoms with van der Waals surface area (Å²) in [5, 5.41) is 0. The highest BCUT2D eigenvalue weighted by Crippen LogP contribution is 2.33. The minimum absolute atomic E-state index is 0.759. The number of rotatable bonds is 4. The lowest BCUT2D eigenvalue weighted by Gasteiger charge is -2.31. The van der Waals surface area contributed by atoms with Gasteiger partial charge in [-0.1, -0.05) is 32.6 Å². The van der Waals surface area contributed by atoms with Crippen LogP contribution in [0.3, 0.4) is 0 Å². The Morgan fingerprint density at radius 1 is 1.11 bits per heavy atom. The van der Waals surface area contributed by atoms with Gasteiger partial charge in [0.05, 0.1) is 0 Å². The van der Waals surface area contributed by atoms with Crippen LogP contribution in [0.2, 0.25) is 0 Å². The second kappa shape index (κ2) is 6.91. The SMILES string of the molecule is CCCC1CCCC(N2CC(CN)CC2C)CC1. The standard InChI is InChI=1S/C16H32N2/c1-3-5-14-6-4-7-16(9-8-14)18-12-15(11-17)10-13(18)2/h13-16H,3-12,17H2,1-2H3. The van der Waals surface area contributed by atoms with Gasteiger partial charge in [0.15, 0.2) is 0 Å². The third kappa shape index (κ3) is 3.48. The molecule has 2 nitrogen and oxygen atoms in total. The van der Waals surface area contributed by atoms with Crippen LogP contribution >= 0.6 is 0 Å². The topological polar surface area (TPSA) is 29.3 Å². The molecule has 2 fully saturated rings. The number of nitrogens with two attached hydrogens (primary N) is 1. The van der Waals surface area contributed by atoms with E-state index < -0.39 is 0 Å². The van der Waals surface area contributed by atoms with Crippen molar-refractivity contribution < 1.29 is 0 Å². The van der Waals surface area contributed by atoms with Crippen LogP contribution in [-0.2, 0) is 0 Å². The molecule has 0 radical (unpaired) electrons. The molecule has 2 rings (SSSR count). The molecule has 2 heteroatoms. The van der Waals surface area contributed by atoms with Crippen LogP contribution in [-0.4, -0.2) is 30.1 Å². The van der Waals surface area contributed by atoms with Crippen LogP contribution < -0.4 is 5.73 Å². The predicted octanol–water partition coefficient (Wildman–Crippen LogP) is 3.40. The highest BCUT2D eigenvalue weighted by molar-refractivity contribution is 4.88. The van der Waals surface area contributed by atoms with Crippen LogP contribution in [0.15, 0.2) is 0 Å². The minimum Gasteiger partial charge on any atom is -0.330 e. The summed E-state index contributed by atoms with van der Waals surface area (Å²) in [4.78, 5) is 2.78. The first-order valence-electron chi connectivity index (χ1n) is 8.20. The van der Waals surface area contributed by atoms with Gasteiger partial charge in [0, 0.05) is 18.6 Å². The number of nitrogens with zero attached hydrogens (tertiary/aromatic N) is 1. The number of likely N-dealkylation sites (tertiary alicyclic amines) is 1. The quantitative estimate of drug-likeness (QED) is 0.777. The molecule has 4 atom stereocenters. The zero-order valence-electron chi connectivity index (χ0n) is 12.4. The van der Waals surface area contributed by atoms with E-state index in [0.29, 0.717) is 0 Å². The molecule has 0 aromatic heterocycles. The molecule has 106 valence electrons. The summed E-state index contributed by atoms with van der Waals surface area (Å²) in [6, 6.07) is 1.63. The third-order valence-corrected chi connectivity index (χ3v) is 5.27. The van der Waals surface area contributed by atoms with Crippen molar-refractivity contribution in [2.75, 3.05) is 13.1 Å². The first-order chi connectivity index (χ1) is 8.74. The van der Waals surface area contributed by atoms with Crippen molar-refractivity contribution in [2.24, 2.45) is 17.6 Å². The van der Waals surface area contributed by atoms with Crippen LogP contribution in [0, 0.1) is 11.8 Å². The molecule has 4 unspecified atom stereocenters. The van der Waals surface area contributed by atoms with Gasteiger partial charge < -0.3 is 5.73 Å². The number of hydrogen-bond acceptors (Lipinski definition) is 2. The Morgan fingerprint density at radius 3 is 2.61 bits per heavy atom. The summed E-state index contributed by atoms with van der Waals surface area (Å²) < 4.78 is 0. The Bertz CT molecular complexity index is 241. The summed E-state index contributed by atoms with van der Waals surface area (Å²) in [6.45, 7) is 6.88. The average molecular weight is 252 g/mol. The lowest BCUT2D eigenvalue weighted by atomic mass is 9.95. The van der Waals surface area contributed by atoms with Crippen LogP contribution in [0.4, 0.5) is 0 Å². The lowest BCUT2D eigenvalue weighted by Crippen LogP contribution is -2.38. The fourth-order valence-electron chi connectivity index (χ4n) is 4.24. The van der Waals surface area contributed by atoms with E-state index in [-0.39, 0.29) is 0 Å². The largest absolute Gasteiger partial charge is 0.330 e. The van der Waals surface area contributed by atoms with E-state index in [1.165, 1.54) is 57.9 Å². The maximum absolute atomic E-state index is 5.85. The minimum atomic E-state index is 0.759. The van der Waals surface area contributed by atoms with Gasteiger partial charge in [0.2, 0.25) is 0 Å². The fourth-order valence-corrected chi connectivity index (χ4v) is 4.24. The molecule has 0 amide bonds. The molecule has 2 aliphatic rings. The van der Waals surface area contributed by atoms with Crippen molar-refractivity contribution >= 4 is 0 Å². The zero-order chi connectivity index (χ0) is 13.0. The van der Waals surface area contributed by atoms with Crippen molar-refractivity contribution in [1.29, 1.82) is 0 Å². The predicted molar refractivity (Wildman–Crippen MR) is 78.6 cm³/mol. The fraction of sp³-hybridized carbons (Fsp3) is 1.00. The van der Waals surface area contributed by atoms with E-state index in [9.17, 15) is 0 Å². The van der Waals surface area contributed by atoms with Crippen molar-refractivity contribution in [3.05, 3.63) is 0 Å². The zero-order valence-corrected chi connectivity index (χ0v) is 12.4. The Morgan fingerprint density at radius 2 is 1.94 bits per heavy atom. The molecule has 1 aliphatic heterocycles. The van der Waals surface area contributed by atoms with E-state index >= 15 is 0 Å². The molecule has 1 saturated carbocycles. The summed E-state index contributed by atoms with van der Waals surface area (Å²) in [5.74, 6) is 1.78. The van der Waals surface area contributed by atoms with E-state index in [0.717, 1.165) is 30.5 Å². The first-order valence-corrected chi connectivity index (χ1v) is 8.20. The van der Waals surface area contributed by atoms with Crippen LogP contribution in [0.1, 0.15) is 65.2 Å². The summed E-state index contributed by atoms with van der Waals surface area (Å²) in [6.07, 6.45) is 11.4. The molecule has 0 aromatic rings. The van der Waals surface area contributed by atoms with Gasteiger partial charge in [-0.3, -0.25) is 4.90 Å². The van der Waals surface area contributed by atoms with E-state index in [1.807, 2.05) is 0 Å². The molecule has 1 aliphatic carbocycles. The van der Waals surface area contributed by atoms with Gasteiger partial charge in [-0.15, -0.1) is 0 Å². The van der Waals surface area contributed by atoms with Gasteiger partial charge in [0.25, 0.3) is 0 Å². The van der Waals surface area contributed by atoms with Crippen LogP contribution in [0.5, 0.6) is 0 Å². The van der Waals surface area contributed by atoms with Crippen LogP contribution in [0.25, 0.3) is 0 Å². The molecule has 2 N–H and O–H groups in total. The van der Waals surface area contributed by atoms with E-state index in [2.05, 4.69) is 18.7 Å². The molecular formula is C16H32N2. The van der Waals surface area contributed by atoms with Gasteiger partial charge in [-0.2, -0.15) is 0 Å². The maximum Gasteiger partial charge on any atom is 0.00983 e.